The van der Waals surface area contributed by atoms with Crippen LogP contribution in [0.25, 0.3) is 10.6 Å². The maximum Gasteiger partial charge on any atom is 0.326 e. The number of nitrogens with zero attached hydrogens (tertiary/aromatic N) is 2. The summed E-state index contributed by atoms with van der Waals surface area (Å²) in [5.41, 5.74) is 1.55. The Morgan fingerprint density at radius 2 is 2.04 bits per heavy atom. The second-order valence-electron chi connectivity index (χ2n) is 6.24. The third-order valence-electron chi connectivity index (χ3n) is 4.45. The van der Waals surface area contributed by atoms with Crippen LogP contribution in [-0.2, 0) is 4.79 Å². The average Bonchev–Trinajstić information content (AvgIpc) is 3.03. The molecule has 1 aliphatic heterocycles. The fraction of sp³-hybridized carbons (Fsp3) is 0.421. The average molecular weight is 374 g/mol. The van der Waals surface area contributed by atoms with Gasteiger partial charge in [-0.1, -0.05) is 0 Å². The SMILES string of the molecule is CCOc1ccc(-c2nc(C)c(C(=O)N3CCCC[C@H]3C(=O)O)s2)cc1. The number of hydrogen-bond acceptors (Lipinski definition) is 5. The summed E-state index contributed by atoms with van der Waals surface area (Å²) in [6.07, 6.45) is 2.17. The van der Waals surface area contributed by atoms with Gasteiger partial charge in [0.1, 0.15) is 21.7 Å². The van der Waals surface area contributed by atoms with Gasteiger partial charge in [-0.15, -0.1) is 11.3 Å². The summed E-state index contributed by atoms with van der Waals surface area (Å²) in [7, 11) is 0. The number of carbonyl (C=O) groups excluding carboxylic acids is 1. The molecule has 1 fully saturated rings. The van der Waals surface area contributed by atoms with Crippen LogP contribution in [0.1, 0.15) is 41.6 Å². The van der Waals surface area contributed by atoms with Crippen molar-refractivity contribution < 1.29 is 19.4 Å². The number of benzene rings is 1. The number of carbonyl (C=O) groups is 2. The lowest BCUT2D eigenvalue weighted by Gasteiger charge is -2.32. The Balaban J connectivity index is 1.85. The number of carboxylic acid groups (broad SMARTS) is 1. The predicted molar refractivity (Wildman–Crippen MR) is 99.8 cm³/mol. The van der Waals surface area contributed by atoms with E-state index in [0.29, 0.717) is 30.1 Å². The van der Waals surface area contributed by atoms with Gasteiger partial charge in [0.25, 0.3) is 5.91 Å². The quantitative estimate of drug-likeness (QED) is 0.865. The van der Waals surface area contributed by atoms with E-state index in [0.717, 1.165) is 29.2 Å². The monoisotopic (exact) mass is 374 g/mol. The maximum absolute atomic E-state index is 12.9. The first kappa shape index (κ1) is 18.4. The van der Waals surface area contributed by atoms with Gasteiger partial charge in [0, 0.05) is 12.1 Å². The number of rotatable bonds is 5. The van der Waals surface area contributed by atoms with Crippen LogP contribution in [0.4, 0.5) is 0 Å². The Labute approximate surface area is 156 Å². The zero-order valence-corrected chi connectivity index (χ0v) is 15.7. The van der Waals surface area contributed by atoms with Crippen molar-refractivity contribution in [2.45, 2.75) is 39.2 Å². The molecule has 0 aliphatic carbocycles. The van der Waals surface area contributed by atoms with Gasteiger partial charge in [-0.2, -0.15) is 0 Å². The van der Waals surface area contributed by atoms with Crippen molar-refractivity contribution in [3.63, 3.8) is 0 Å². The molecule has 7 heteroatoms. The van der Waals surface area contributed by atoms with E-state index in [4.69, 9.17) is 4.74 Å². The number of aromatic nitrogens is 1. The topological polar surface area (TPSA) is 79.7 Å². The highest BCUT2D eigenvalue weighted by Gasteiger charge is 2.34. The molecular weight excluding hydrogens is 352 g/mol. The molecule has 0 saturated carbocycles. The summed E-state index contributed by atoms with van der Waals surface area (Å²) in [6, 6.07) is 6.84. The fourth-order valence-electron chi connectivity index (χ4n) is 3.14. The molecule has 1 aliphatic rings. The van der Waals surface area contributed by atoms with Gasteiger partial charge in [-0.3, -0.25) is 4.79 Å². The molecule has 0 bridgehead atoms. The summed E-state index contributed by atoms with van der Waals surface area (Å²) < 4.78 is 5.44. The Morgan fingerprint density at radius 3 is 2.69 bits per heavy atom. The molecule has 1 aromatic carbocycles. The highest BCUT2D eigenvalue weighted by atomic mass is 32.1. The van der Waals surface area contributed by atoms with Crippen molar-refractivity contribution >= 4 is 23.2 Å². The molecule has 1 amide bonds. The molecule has 3 rings (SSSR count). The molecule has 1 saturated heterocycles. The van der Waals surface area contributed by atoms with Crippen LogP contribution >= 0.6 is 11.3 Å². The number of piperidine rings is 1. The zero-order chi connectivity index (χ0) is 18.7. The molecular formula is C19H22N2O4S. The first-order valence-corrected chi connectivity index (χ1v) is 9.57. The minimum atomic E-state index is -0.938. The van der Waals surface area contributed by atoms with Crippen molar-refractivity contribution in [2.75, 3.05) is 13.2 Å². The van der Waals surface area contributed by atoms with E-state index >= 15 is 0 Å². The minimum Gasteiger partial charge on any atom is -0.494 e. The summed E-state index contributed by atoms with van der Waals surface area (Å²) in [5, 5.41) is 10.2. The third kappa shape index (κ3) is 3.72. The molecule has 2 heterocycles. The minimum absolute atomic E-state index is 0.232. The second kappa shape index (κ2) is 7.86. The Kier molecular flexibility index (Phi) is 5.56. The number of likely N-dealkylation sites (tertiary alicyclic amines) is 1. The van der Waals surface area contributed by atoms with Gasteiger partial charge >= 0.3 is 5.97 Å². The molecule has 26 heavy (non-hydrogen) atoms. The largest absolute Gasteiger partial charge is 0.494 e. The van der Waals surface area contributed by atoms with Crippen LogP contribution in [0, 0.1) is 6.92 Å². The molecule has 6 nitrogen and oxygen atoms in total. The number of hydrogen-bond donors (Lipinski definition) is 1. The highest BCUT2D eigenvalue weighted by Crippen LogP contribution is 2.31. The van der Waals surface area contributed by atoms with Crippen molar-refractivity contribution in [3.8, 4) is 16.3 Å². The Bertz CT molecular complexity index is 800. The number of aryl methyl sites for hydroxylation is 1. The lowest BCUT2D eigenvalue weighted by atomic mass is 10.0. The molecule has 1 aromatic heterocycles. The van der Waals surface area contributed by atoms with Crippen LogP contribution < -0.4 is 4.74 Å². The summed E-state index contributed by atoms with van der Waals surface area (Å²) in [6.45, 7) is 4.81. The van der Waals surface area contributed by atoms with Crippen molar-refractivity contribution in [2.24, 2.45) is 0 Å². The fourth-order valence-corrected chi connectivity index (χ4v) is 4.17. The van der Waals surface area contributed by atoms with E-state index in [1.807, 2.05) is 31.2 Å². The summed E-state index contributed by atoms with van der Waals surface area (Å²) >= 11 is 1.31. The van der Waals surface area contributed by atoms with Gasteiger partial charge in [-0.05, 0) is 57.4 Å². The Morgan fingerprint density at radius 1 is 1.31 bits per heavy atom. The highest BCUT2D eigenvalue weighted by molar-refractivity contribution is 7.17. The van der Waals surface area contributed by atoms with Gasteiger partial charge in [0.05, 0.1) is 12.3 Å². The number of thiazole rings is 1. The van der Waals surface area contributed by atoms with Crippen molar-refractivity contribution in [1.82, 2.24) is 9.88 Å². The van der Waals surface area contributed by atoms with E-state index in [2.05, 4.69) is 4.98 Å². The Hall–Kier alpha value is -2.41. The molecule has 1 N–H and O–H groups in total. The van der Waals surface area contributed by atoms with Crippen LogP contribution in [0.5, 0.6) is 5.75 Å². The van der Waals surface area contributed by atoms with E-state index in [1.165, 1.54) is 16.2 Å². The molecule has 0 unspecified atom stereocenters. The molecule has 2 aromatic rings. The summed E-state index contributed by atoms with van der Waals surface area (Å²) in [5.74, 6) is -0.380. The first-order chi connectivity index (χ1) is 12.5. The van der Waals surface area contributed by atoms with Crippen molar-refractivity contribution in [1.29, 1.82) is 0 Å². The van der Waals surface area contributed by atoms with Gasteiger partial charge in [-0.25, -0.2) is 9.78 Å². The van der Waals surface area contributed by atoms with Crippen LogP contribution in [0.2, 0.25) is 0 Å². The van der Waals surface area contributed by atoms with Crippen LogP contribution in [0.15, 0.2) is 24.3 Å². The second-order valence-corrected chi connectivity index (χ2v) is 7.24. The summed E-state index contributed by atoms with van der Waals surface area (Å²) in [4.78, 5) is 30.9. The van der Waals surface area contributed by atoms with E-state index < -0.39 is 12.0 Å². The zero-order valence-electron chi connectivity index (χ0n) is 14.9. The number of amides is 1. The first-order valence-electron chi connectivity index (χ1n) is 8.75. The third-order valence-corrected chi connectivity index (χ3v) is 5.65. The molecule has 138 valence electrons. The molecule has 0 spiro atoms. The van der Waals surface area contributed by atoms with E-state index in [-0.39, 0.29) is 5.91 Å². The smallest absolute Gasteiger partial charge is 0.326 e. The maximum atomic E-state index is 12.9. The molecule has 0 radical (unpaired) electrons. The van der Waals surface area contributed by atoms with Gasteiger partial charge in [0.15, 0.2) is 0 Å². The lowest BCUT2D eigenvalue weighted by Crippen LogP contribution is -2.47. The van der Waals surface area contributed by atoms with Gasteiger partial charge in [0.2, 0.25) is 0 Å². The lowest BCUT2D eigenvalue weighted by molar-refractivity contribution is -0.143. The predicted octanol–water partition coefficient (Wildman–Crippen LogP) is 3.60. The molecule has 1 atom stereocenters. The van der Waals surface area contributed by atoms with Crippen molar-refractivity contribution in [3.05, 3.63) is 34.8 Å². The number of carboxylic acids is 1. The number of ether oxygens (including phenoxy) is 1. The van der Waals surface area contributed by atoms with E-state index in [1.54, 1.807) is 6.92 Å². The van der Waals surface area contributed by atoms with Crippen LogP contribution in [-0.4, -0.2) is 46.1 Å². The van der Waals surface area contributed by atoms with Gasteiger partial charge < -0.3 is 14.7 Å². The normalized spacial score (nSPS) is 17.2. The van der Waals surface area contributed by atoms with E-state index in [9.17, 15) is 14.7 Å². The number of aliphatic carboxylic acids is 1. The van der Waals surface area contributed by atoms with Crippen LogP contribution in [0.3, 0.4) is 0 Å². The standard InChI is InChI=1S/C19H22N2O4S/c1-3-25-14-9-7-13(8-10-14)17-20-12(2)16(26-17)18(22)21-11-5-4-6-15(21)19(23)24/h7-10,15H,3-6,11H2,1-2H3,(H,23,24)/t15-/m0/s1.